The fraction of sp³-hybridized carbons (Fsp3) is 0.889. The maximum atomic E-state index is 10.3. The molecule has 0 radical (unpaired) electrons. The van der Waals surface area contributed by atoms with Crippen molar-refractivity contribution in [2.45, 2.75) is 19.3 Å². The molecule has 1 rings (SSSR count). The Kier molecular flexibility index (Phi) is 3.09. The third-order valence-electron chi connectivity index (χ3n) is 2.42. The third kappa shape index (κ3) is 2.81. The monoisotopic (exact) mass is 171 g/mol. The molecule has 0 aromatic carbocycles. The fourth-order valence-electron chi connectivity index (χ4n) is 1.95. The number of nitrogens with zero attached hydrogens (tertiary/aromatic N) is 1. The quantitative estimate of drug-likeness (QED) is 0.687. The molecule has 0 unspecified atom stereocenters. The van der Waals surface area contributed by atoms with E-state index in [0.717, 1.165) is 25.3 Å². The molecule has 3 heteroatoms. The highest BCUT2D eigenvalue weighted by Gasteiger charge is 2.30. The predicted octanol–water partition coefficient (Wildman–Crippen LogP) is 1.05. The molecule has 0 heterocycles. The van der Waals surface area contributed by atoms with Crippen LogP contribution in [0.25, 0.3) is 0 Å². The van der Waals surface area contributed by atoms with Gasteiger partial charge >= 0.3 is 5.97 Å². The molecule has 0 spiro atoms. The Bertz CT molecular complexity index is 162. The van der Waals surface area contributed by atoms with Gasteiger partial charge in [0.2, 0.25) is 0 Å². The second-order valence-electron chi connectivity index (χ2n) is 4.06. The SMILES string of the molecule is CN(C)CC1CC(CC(=O)O)C1. The summed E-state index contributed by atoms with van der Waals surface area (Å²) in [4.78, 5) is 12.5. The van der Waals surface area contributed by atoms with Crippen molar-refractivity contribution in [3.05, 3.63) is 0 Å². The van der Waals surface area contributed by atoms with Gasteiger partial charge in [-0.05, 0) is 38.8 Å². The molecule has 1 aliphatic rings. The van der Waals surface area contributed by atoms with E-state index in [9.17, 15) is 4.79 Å². The van der Waals surface area contributed by atoms with Crippen LogP contribution in [0.3, 0.4) is 0 Å². The number of carbonyl (C=O) groups is 1. The first-order valence-electron chi connectivity index (χ1n) is 4.44. The van der Waals surface area contributed by atoms with Gasteiger partial charge in [-0.15, -0.1) is 0 Å². The molecule has 12 heavy (non-hydrogen) atoms. The number of hydrogen-bond donors (Lipinski definition) is 1. The van der Waals surface area contributed by atoms with E-state index in [1.165, 1.54) is 0 Å². The normalized spacial score (nSPS) is 28.6. The van der Waals surface area contributed by atoms with Crippen molar-refractivity contribution >= 4 is 5.97 Å². The highest BCUT2D eigenvalue weighted by molar-refractivity contribution is 5.67. The van der Waals surface area contributed by atoms with Gasteiger partial charge in [0.15, 0.2) is 0 Å². The largest absolute Gasteiger partial charge is 0.481 e. The molecule has 0 atom stereocenters. The van der Waals surface area contributed by atoms with Crippen molar-refractivity contribution < 1.29 is 9.90 Å². The highest BCUT2D eigenvalue weighted by atomic mass is 16.4. The van der Waals surface area contributed by atoms with Crippen LogP contribution in [-0.2, 0) is 4.79 Å². The first kappa shape index (κ1) is 9.52. The molecule has 0 aromatic rings. The van der Waals surface area contributed by atoms with Crippen LogP contribution in [0, 0.1) is 11.8 Å². The molecule has 0 aliphatic heterocycles. The average molecular weight is 171 g/mol. The van der Waals surface area contributed by atoms with Crippen LogP contribution in [0.1, 0.15) is 19.3 Å². The van der Waals surface area contributed by atoms with Crippen LogP contribution in [0.5, 0.6) is 0 Å². The molecule has 1 fully saturated rings. The standard InChI is InChI=1S/C9H17NO2/c1-10(2)6-8-3-7(4-8)5-9(11)12/h7-8H,3-6H2,1-2H3,(H,11,12). The molecule has 70 valence electrons. The van der Waals surface area contributed by atoms with Gasteiger partial charge in [-0.1, -0.05) is 0 Å². The van der Waals surface area contributed by atoms with E-state index < -0.39 is 5.97 Å². The van der Waals surface area contributed by atoms with Crippen LogP contribution in [-0.4, -0.2) is 36.6 Å². The van der Waals surface area contributed by atoms with E-state index >= 15 is 0 Å². The number of carboxylic acid groups (broad SMARTS) is 1. The summed E-state index contributed by atoms with van der Waals surface area (Å²) in [5.74, 6) is 0.542. The highest BCUT2D eigenvalue weighted by Crippen LogP contribution is 2.36. The molecule has 0 amide bonds. The third-order valence-corrected chi connectivity index (χ3v) is 2.42. The van der Waals surface area contributed by atoms with Crippen LogP contribution in [0.4, 0.5) is 0 Å². The Hall–Kier alpha value is -0.570. The summed E-state index contributed by atoms with van der Waals surface area (Å²) >= 11 is 0. The van der Waals surface area contributed by atoms with Crippen LogP contribution < -0.4 is 0 Å². The van der Waals surface area contributed by atoms with Gasteiger partial charge in [0, 0.05) is 13.0 Å². The number of rotatable bonds is 4. The van der Waals surface area contributed by atoms with Crippen LogP contribution >= 0.6 is 0 Å². The van der Waals surface area contributed by atoms with Crippen LogP contribution in [0.15, 0.2) is 0 Å². The summed E-state index contributed by atoms with van der Waals surface area (Å²) in [6.45, 7) is 1.11. The number of aliphatic carboxylic acids is 1. The van der Waals surface area contributed by atoms with Crippen molar-refractivity contribution in [1.29, 1.82) is 0 Å². The van der Waals surface area contributed by atoms with E-state index in [1.807, 2.05) is 0 Å². The summed E-state index contributed by atoms with van der Waals surface area (Å²) < 4.78 is 0. The molecule has 0 bridgehead atoms. The molecular formula is C9H17NO2. The Morgan fingerprint density at radius 2 is 2.00 bits per heavy atom. The maximum absolute atomic E-state index is 10.3. The summed E-state index contributed by atoms with van der Waals surface area (Å²) in [5, 5.41) is 8.51. The lowest BCUT2D eigenvalue weighted by atomic mass is 9.73. The van der Waals surface area contributed by atoms with E-state index in [2.05, 4.69) is 19.0 Å². The minimum absolute atomic E-state index is 0.365. The van der Waals surface area contributed by atoms with Crippen molar-refractivity contribution in [2.24, 2.45) is 11.8 Å². The van der Waals surface area contributed by atoms with Gasteiger partial charge in [0.25, 0.3) is 0 Å². The second-order valence-corrected chi connectivity index (χ2v) is 4.06. The maximum Gasteiger partial charge on any atom is 0.303 e. The lowest BCUT2D eigenvalue weighted by molar-refractivity contribution is -0.139. The molecule has 0 aromatic heterocycles. The average Bonchev–Trinajstić information content (AvgIpc) is 1.80. The van der Waals surface area contributed by atoms with E-state index in [1.54, 1.807) is 0 Å². The molecule has 1 aliphatic carbocycles. The van der Waals surface area contributed by atoms with Gasteiger partial charge in [0.05, 0.1) is 0 Å². The Morgan fingerprint density at radius 3 is 2.42 bits per heavy atom. The van der Waals surface area contributed by atoms with Crippen molar-refractivity contribution in [1.82, 2.24) is 4.90 Å². The van der Waals surface area contributed by atoms with E-state index in [4.69, 9.17) is 5.11 Å². The van der Waals surface area contributed by atoms with E-state index in [0.29, 0.717) is 12.3 Å². The summed E-state index contributed by atoms with van der Waals surface area (Å²) in [5.41, 5.74) is 0. The topological polar surface area (TPSA) is 40.5 Å². The molecule has 3 nitrogen and oxygen atoms in total. The second kappa shape index (κ2) is 3.90. The van der Waals surface area contributed by atoms with Crippen molar-refractivity contribution in [3.63, 3.8) is 0 Å². The number of carboxylic acids is 1. The van der Waals surface area contributed by atoms with Crippen molar-refractivity contribution in [2.75, 3.05) is 20.6 Å². The van der Waals surface area contributed by atoms with Gasteiger partial charge in [-0.3, -0.25) is 4.79 Å². The lowest BCUT2D eigenvalue weighted by Gasteiger charge is -2.36. The van der Waals surface area contributed by atoms with Crippen LogP contribution in [0.2, 0.25) is 0 Å². The predicted molar refractivity (Wildman–Crippen MR) is 47.0 cm³/mol. The van der Waals surface area contributed by atoms with Gasteiger partial charge in [-0.25, -0.2) is 0 Å². The minimum Gasteiger partial charge on any atom is -0.481 e. The van der Waals surface area contributed by atoms with Crippen molar-refractivity contribution in [3.8, 4) is 0 Å². The Labute approximate surface area is 73.4 Å². The van der Waals surface area contributed by atoms with Gasteiger partial charge in [-0.2, -0.15) is 0 Å². The zero-order chi connectivity index (χ0) is 9.14. The molecule has 1 saturated carbocycles. The summed E-state index contributed by atoms with van der Waals surface area (Å²) in [6.07, 6.45) is 2.57. The molecule has 0 saturated heterocycles. The smallest absolute Gasteiger partial charge is 0.303 e. The molecule has 1 N–H and O–H groups in total. The Balaban J connectivity index is 2.08. The fourth-order valence-corrected chi connectivity index (χ4v) is 1.95. The minimum atomic E-state index is -0.650. The number of hydrogen-bond acceptors (Lipinski definition) is 2. The zero-order valence-electron chi connectivity index (χ0n) is 7.79. The Morgan fingerprint density at radius 1 is 1.42 bits per heavy atom. The first-order chi connectivity index (χ1) is 5.58. The molecular weight excluding hydrogens is 154 g/mol. The lowest BCUT2D eigenvalue weighted by Crippen LogP contribution is -2.33. The summed E-state index contributed by atoms with van der Waals surface area (Å²) in [7, 11) is 4.12. The van der Waals surface area contributed by atoms with Gasteiger partial charge in [0.1, 0.15) is 0 Å². The zero-order valence-corrected chi connectivity index (χ0v) is 7.79. The summed E-state index contributed by atoms with van der Waals surface area (Å²) in [6, 6.07) is 0. The van der Waals surface area contributed by atoms with Gasteiger partial charge < -0.3 is 10.0 Å². The van der Waals surface area contributed by atoms with E-state index in [-0.39, 0.29) is 0 Å². The first-order valence-corrected chi connectivity index (χ1v) is 4.44.